The van der Waals surface area contributed by atoms with E-state index in [-0.39, 0.29) is 34.8 Å². The van der Waals surface area contributed by atoms with Crippen LogP contribution in [-0.4, -0.2) is 31.3 Å². The third kappa shape index (κ3) is 5.84. The highest BCUT2D eigenvalue weighted by Gasteiger charge is 2.32. The van der Waals surface area contributed by atoms with Crippen LogP contribution in [0.25, 0.3) is 0 Å². The lowest BCUT2D eigenvalue weighted by atomic mass is 10.1. The minimum atomic E-state index is -0.683. The molecule has 0 bridgehead atoms. The number of epoxide rings is 1. The summed E-state index contributed by atoms with van der Waals surface area (Å²) in [5.41, 5.74) is 0.920. The first-order valence-corrected chi connectivity index (χ1v) is 10.3. The van der Waals surface area contributed by atoms with Gasteiger partial charge in [0.1, 0.15) is 35.6 Å². The summed E-state index contributed by atoms with van der Waals surface area (Å²) in [4.78, 5) is 24.0. The zero-order valence-corrected chi connectivity index (χ0v) is 17.6. The average Bonchev–Trinajstić information content (AvgIpc) is 3.66. The molecule has 1 aliphatic heterocycles. The van der Waals surface area contributed by atoms with Crippen LogP contribution in [0.3, 0.4) is 0 Å². The van der Waals surface area contributed by atoms with E-state index in [9.17, 15) is 20.1 Å². The fourth-order valence-electron chi connectivity index (χ4n) is 2.85. The summed E-state index contributed by atoms with van der Waals surface area (Å²) >= 11 is 0. The van der Waals surface area contributed by atoms with E-state index < -0.39 is 18.0 Å². The summed E-state index contributed by atoms with van der Waals surface area (Å²) in [5.74, 6) is -0.826. The Morgan fingerprint density at radius 2 is 1.69 bits per heavy atom. The SMILES string of the molecule is CCCCCOc1ccc(OC(=O)c2ccc(COC(=O)C3CO3)cc2)c(C#N)c1C#N. The van der Waals surface area contributed by atoms with Crippen LogP contribution >= 0.6 is 0 Å². The number of unbranched alkanes of at least 4 members (excludes halogenated alkanes) is 2. The average molecular weight is 434 g/mol. The molecule has 1 heterocycles. The van der Waals surface area contributed by atoms with Gasteiger partial charge in [-0.05, 0) is 36.2 Å². The van der Waals surface area contributed by atoms with Crippen molar-refractivity contribution in [2.75, 3.05) is 13.2 Å². The van der Waals surface area contributed by atoms with Crippen molar-refractivity contribution in [2.45, 2.75) is 38.9 Å². The molecule has 1 fully saturated rings. The second-order valence-electron chi connectivity index (χ2n) is 7.11. The van der Waals surface area contributed by atoms with Gasteiger partial charge in [0.25, 0.3) is 0 Å². The maximum Gasteiger partial charge on any atom is 0.343 e. The summed E-state index contributed by atoms with van der Waals surface area (Å²) in [7, 11) is 0. The number of ether oxygens (including phenoxy) is 4. The van der Waals surface area contributed by atoms with E-state index in [1.165, 1.54) is 24.3 Å². The monoisotopic (exact) mass is 434 g/mol. The van der Waals surface area contributed by atoms with Crippen LogP contribution < -0.4 is 9.47 Å². The molecule has 0 spiro atoms. The van der Waals surface area contributed by atoms with E-state index in [4.69, 9.17) is 18.9 Å². The molecular formula is C24H22N2O6. The highest BCUT2D eigenvalue weighted by molar-refractivity contribution is 5.91. The molecule has 164 valence electrons. The molecule has 8 heteroatoms. The van der Waals surface area contributed by atoms with Gasteiger partial charge in [0.2, 0.25) is 0 Å². The fraction of sp³-hybridized carbons (Fsp3) is 0.333. The molecule has 1 atom stereocenters. The lowest BCUT2D eigenvalue weighted by Crippen LogP contribution is -2.12. The maximum atomic E-state index is 12.5. The highest BCUT2D eigenvalue weighted by Crippen LogP contribution is 2.30. The van der Waals surface area contributed by atoms with E-state index in [2.05, 4.69) is 6.92 Å². The number of hydrogen-bond donors (Lipinski definition) is 0. The zero-order chi connectivity index (χ0) is 22.9. The van der Waals surface area contributed by atoms with Crippen LogP contribution in [0.4, 0.5) is 0 Å². The van der Waals surface area contributed by atoms with Gasteiger partial charge in [0.05, 0.1) is 18.8 Å². The number of hydrogen-bond acceptors (Lipinski definition) is 8. The molecular weight excluding hydrogens is 412 g/mol. The molecule has 8 nitrogen and oxygen atoms in total. The summed E-state index contributed by atoms with van der Waals surface area (Å²) < 4.78 is 21.0. The van der Waals surface area contributed by atoms with Gasteiger partial charge in [-0.15, -0.1) is 0 Å². The molecule has 0 aliphatic carbocycles. The van der Waals surface area contributed by atoms with Gasteiger partial charge in [0.15, 0.2) is 11.9 Å². The second-order valence-corrected chi connectivity index (χ2v) is 7.11. The first-order chi connectivity index (χ1) is 15.6. The predicted molar refractivity (Wildman–Crippen MR) is 112 cm³/mol. The number of nitriles is 2. The topological polar surface area (TPSA) is 122 Å². The Morgan fingerprint density at radius 3 is 2.31 bits per heavy atom. The van der Waals surface area contributed by atoms with Gasteiger partial charge in [0, 0.05) is 0 Å². The van der Waals surface area contributed by atoms with E-state index in [1.807, 2.05) is 12.1 Å². The van der Waals surface area contributed by atoms with E-state index >= 15 is 0 Å². The Hall–Kier alpha value is -3.88. The summed E-state index contributed by atoms with van der Waals surface area (Å²) in [5, 5.41) is 19.0. The third-order valence-corrected chi connectivity index (χ3v) is 4.73. The molecule has 0 aromatic heterocycles. The summed E-state index contributed by atoms with van der Waals surface area (Å²) in [6.07, 6.45) is 2.40. The fourth-order valence-corrected chi connectivity index (χ4v) is 2.85. The molecule has 1 saturated heterocycles. The smallest absolute Gasteiger partial charge is 0.343 e. The van der Waals surface area contributed by atoms with Crippen molar-refractivity contribution in [2.24, 2.45) is 0 Å². The van der Waals surface area contributed by atoms with Gasteiger partial charge in [-0.2, -0.15) is 10.5 Å². The molecule has 2 aromatic carbocycles. The largest absolute Gasteiger partial charge is 0.492 e. The van der Waals surface area contributed by atoms with E-state index in [0.717, 1.165) is 19.3 Å². The number of carbonyl (C=O) groups is 2. The number of rotatable bonds is 10. The molecule has 0 N–H and O–H groups in total. The van der Waals surface area contributed by atoms with Crippen LogP contribution in [0, 0.1) is 22.7 Å². The lowest BCUT2D eigenvalue weighted by Gasteiger charge is -2.12. The maximum absolute atomic E-state index is 12.5. The minimum Gasteiger partial charge on any atom is -0.492 e. The molecule has 0 radical (unpaired) electrons. The van der Waals surface area contributed by atoms with Crippen molar-refractivity contribution in [3.8, 4) is 23.6 Å². The Balaban J connectivity index is 1.66. The molecule has 0 saturated carbocycles. The molecule has 3 rings (SSSR count). The summed E-state index contributed by atoms with van der Waals surface area (Å²) in [6, 6.07) is 13.2. The van der Waals surface area contributed by atoms with Crippen LogP contribution in [0.15, 0.2) is 36.4 Å². The summed E-state index contributed by atoms with van der Waals surface area (Å²) in [6.45, 7) is 2.96. The molecule has 2 aromatic rings. The van der Waals surface area contributed by atoms with Crippen molar-refractivity contribution in [1.29, 1.82) is 10.5 Å². The van der Waals surface area contributed by atoms with Crippen molar-refractivity contribution in [3.05, 3.63) is 58.7 Å². The number of carbonyl (C=O) groups excluding carboxylic acids is 2. The van der Waals surface area contributed by atoms with Crippen LogP contribution in [0.5, 0.6) is 11.5 Å². The minimum absolute atomic E-state index is 0.0163. The first-order valence-electron chi connectivity index (χ1n) is 10.3. The van der Waals surface area contributed by atoms with Crippen LogP contribution in [-0.2, 0) is 20.9 Å². The van der Waals surface area contributed by atoms with Gasteiger partial charge >= 0.3 is 11.9 Å². The normalized spacial score (nSPS) is 14.0. The van der Waals surface area contributed by atoms with Crippen molar-refractivity contribution in [3.63, 3.8) is 0 Å². The van der Waals surface area contributed by atoms with Gasteiger partial charge in [-0.3, -0.25) is 0 Å². The van der Waals surface area contributed by atoms with E-state index in [1.54, 1.807) is 12.1 Å². The number of nitrogens with zero attached hydrogens (tertiary/aromatic N) is 2. The Bertz CT molecular complexity index is 1060. The second kappa shape index (κ2) is 10.9. The van der Waals surface area contributed by atoms with Crippen molar-refractivity contribution < 1.29 is 28.5 Å². The van der Waals surface area contributed by atoms with E-state index in [0.29, 0.717) is 18.8 Å². The Kier molecular flexibility index (Phi) is 7.80. The Morgan fingerprint density at radius 1 is 1.03 bits per heavy atom. The number of esters is 2. The lowest BCUT2D eigenvalue weighted by molar-refractivity contribution is -0.146. The number of benzene rings is 2. The molecule has 1 unspecified atom stereocenters. The van der Waals surface area contributed by atoms with Crippen molar-refractivity contribution in [1.82, 2.24) is 0 Å². The van der Waals surface area contributed by atoms with Gasteiger partial charge in [-0.25, -0.2) is 9.59 Å². The predicted octanol–water partition coefficient (Wildman–Crippen LogP) is 3.66. The quantitative estimate of drug-likeness (QED) is 0.240. The standard InChI is InChI=1S/C24H22N2O6/c1-2-3-4-11-29-20-9-10-21(19(13-26)18(20)12-25)32-23(27)17-7-5-16(6-8-17)14-31-24(28)22-15-30-22/h5-10,22H,2-4,11,14-15H2,1H3. The van der Waals surface area contributed by atoms with Crippen LogP contribution in [0.1, 0.15) is 53.2 Å². The van der Waals surface area contributed by atoms with Gasteiger partial charge < -0.3 is 18.9 Å². The van der Waals surface area contributed by atoms with Crippen molar-refractivity contribution >= 4 is 11.9 Å². The Labute approximate surface area is 185 Å². The van der Waals surface area contributed by atoms with Gasteiger partial charge in [-0.1, -0.05) is 31.9 Å². The first kappa shape index (κ1) is 22.8. The zero-order valence-electron chi connectivity index (χ0n) is 17.6. The molecule has 1 aliphatic rings. The highest BCUT2D eigenvalue weighted by atomic mass is 16.6. The third-order valence-electron chi connectivity index (χ3n) is 4.73. The molecule has 0 amide bonds. The van der Waals surface area contributed by atoms with Crippen LogP contribution in [0.2, 0.25) is 0 Å². The molecule has 32 heavy (non-hydrogen) atoms.